The number of amides is 1. The van der Waals surface area contributed by atoms with Crippen LogP contribution >= 0.6 is 11.6 Å². The summed E-state index contributed by atoms with van der Waals surface area (Å²) < 4.78 is 1.87. The largest absolute Gasteiger partial charge is 0.342 e. The number of nitrogens with one attached hydrogen (secondary N) is 1. The number of hydrogen-bond donors (Lipinski definition) is 1. The zero-order chi connectivity index (χ0) is 22.0. The summed E-state index contributed by atoms with van der Waals surface area (Å²) in [5.74, 6) is 0.386. The molecule has 0 saturated heterocycles. The highest BCUT2D eigenvalue weighted by molar-refractivity contribution is 6.30. The molecule has 5 nitrogen and oxygen atoms in total. The van der Waals surface area contributed by atoms with E-state index in [1.165, 1.54) is 0 Å². The van der Waals surface area contributed by atoms with Crippen LogP contribution in [0.15, 0.2) is 72.8 Å². The van der Waals surface area contributed by atoms with Gasteiger partial charge < -0.3 is 9.88 Å². The van der Waals surface area contributed by atoms with E-state index in [1.807, 2.05) is 54.8 Å². The molecule has 1 aromatic heterocycles. The first-order chi connectivity index (χ1) is 14.9. The molecule has 0 aliphatic heterocycles. The smallest absolute Gasteiger partial charge is 0.251 e. The third kappa shape index (κ3) is 4.52. The highest BCUT2D eigenvalue weighted by Crippen LogP contribution is 2.22. The predicted molar refractivity (Wildman–Crippen MR) is 123 cm³/mol. The Hall–Kier alpha value is -3.44. The topological polar surface area (TPSA) is 64.0 Å². The van der Waals surface area contributed by atoms with E-state index in [0.717, 1.165) is 16.6 Å². The van der Waals surface area contributed by atoms with Crippen molar-refractivity contribution in [2.24, 2.45) is 0 Å². The molecule has 1 N–H and O–H groups in total. The van der Waals surface area contributed by atoms with Crippen molar-refractivity contribution in [3.8, 4) is 0 Å². The summed E-state index contributed by atoms with van der Waals surface area (Å²) in [5.41, 5.74) is 3.86. The van der Waals surface area contributed by atoms with Crippen molar-refractivity contribution >= 4 is 34.3 Å². The lowest BCUT2D eigenvalue weighted by Gasteiger charge is -2.16. The molecule has 3 aromatic carbocycles. The number of hydrogen-bond acceptors (Lipinski definition) is 3. The van der Waals surface area contributed by atoms with E-state index >= 15 is 0 Å². The van der Waals surface area contributed by atoms with Gasteiger partial charge in [-0.05, 0) is 62.4 Å². The number of benzene rings is 3. The molecular weight excluding hydrogens is 410 g/mol. The van der Waals surface area contributed by atoms with Gasteiger partial charge in [-0.1, -0.05) is 41.4 Å². The third-order valence-electron chi connectivity index (χ3n) is 5.20. The number of rotatable bonds is 6. The van der Waals surface area contributed by atoms with Crippen LogP contribution in [-0.4, -0.2) is 21.2 Å². The number of nitrogens with zero attached hydrogens (tertiary/aromatic N) is 2. The SMILES string of the molecule is Cc1ccc(C(=O)NC(C)c2nc3ccccc3n2CC(=O)c2ccc(Cl)cc2)cc1. The Morgan fingerprint density at radius 2 is 1.61 bits per heavy atom. The fourth-order valence-corrected chi connectivity index (χ4v) is 3.64. The van der Waals surface area contributed by atoms with Gasteiger partial charge in [-0.2, -0.15) is 0 Å². The molecule has 0 aliphatic rings. The number of ketones is 1. The summed E-state index contributed by atoms with van der Waals surface area (Å²) in [4.78, 5) is 30.4. The Balaban J connectivity index is 1.64. The second kappa shape index (κ2) is 8.74. The Kier molecular flexibility index (Phi) is 5.87. The number of aryl methyl sites for hydroxylation is 1. The first-order valence-corrected chi connectivity index (χ1v) is 10.4. The van der Waals surface area contributed by atoms with Gasteiger partial charge >= 0.3 is 0 Å². The molecule has 1 heterocycles. The van der Waals surface area contributed by atoms with E-state index in [2.05, 4.69) is 5.32 Å². The fraction of sp³-hybridized carbons (Fsp3) is 0.160. The number of aromatic nitrogens is 2. The van der Waals surface area contributed by atoms with Gasteiger partial charge in [0, 0.05) is 16.1 Å². The average molecular weight is 432 g/mol. The molecule has 1 atom stereocenters. The van der Waals surface area contributed by atoms with Gasteiger partial charge in [0.2, 0.25) is 0 Å². The van der Waals surface area contributed by atoms with Gasteiger partial charge in [-0.3, -0.25) is 9.59 Å². The minimum atomic E-state index is -0.390. The predicted octanol–water partition coefficient (Wildman–Crippen LogP) is 5.37. The van der Waals surface area contributed by atoms with Gasteiger partial charge in [0.15, 0.2) is 5.78 Å². The first kappa shape index (κ1) is 20.8. The maximum Gasteiger partial charge on any atom is 0.251 e. The van der Waals surface area contributed by atoms with E-state index in [4.69, 9.17) is 16.6 Å². The van der Waals surface area contributed by atoms with Crippen LogP contribution in [0, 0.1) is 6.92 Å². The second-order valence-electron chi connectivity index (χ2n) is 7.54. The van der Waals surface area contributed by atoms with E-state index < -0.39 is 0 Å². The molecule has 0 saturated carbocycles. The lowest BCUT2D eigenvalue weighted by molar-refractivity contribution is 0.0937. The number of imidazole rings is 1. The summed E-state index contributed by atoms with van der Waals surface area (Å²) in [7, 11) is 0. The highest BCUT2D eigenvalue weighted by atomic mass is 35.5. The normalized spacial score (nSPS) is 12.0. The molecule has 4 aromatic rings. The van der Waals surface area contributed by atoms with E-state index in [9.17, 15) is 9.59 Å². The van der Waals surface area contributed by atoms with Crippen LogP contribution in [0.2, 0.25) is 5.02 Å². The third-order valence-corrected chi connectivity index (χ3v) is 5.45. The summed E-state index contributed by atoms with van der Waals surface area (Å²) in [6.07, 6.45) is 0. The lowest BCUT2D eigenvalue weighted by atomic mass is 10.1. The summed E-state index contributed by atoms with van der Waals surface area (Å²) in [6, 6.07) is 21.5. The van der Waals surface area contributed by atoms with E-state index in [0.29, 0.717) is 22.0 Å². The van der Waals surface area contributed by atoms with Gasteiger partial charge in [0.25, 0.3) is 5.91 Å². The summed E-state index contributed by atoms with van der Waals surface area (Å²) in [6.45, 7) is 3.96. The lowest BCUT2D eigenvalue weighted by Crippen LogP contribution is -2.29. The molecule has 4 rings (SSSR count). The summed E-state index contributed by atoms with van der Waals surface area (Å²) in [5, 5.41) is 3.58. The Morgan fingerprint density at radius 3 is 2.32 bits per heavy atom. The fourth-order valence-electron chi connectivity index (χ4n) is 3.51. The number of Topliss-reactive ketones (excluding diaryl/α,β-unsaturated/α-hetero) is 1. The van der Waals surface area contributed by atoms with E-state index in [1.54, 1.807) is 36.4 Å². The molecule has 1 amide bonds. The number of para-hydroxylation sites is 2. The Morgan fingerprint density at radius 1 is 0.968 bits per heavy atom. The maximum absolute atomic E-state index is 12.9. The Labute approximate surface area is 185 Å². The minimum absolute atomic E-state index is 0.0573. The quantitative estimate of drug-likeness (QED) is 0.417. The van der Waals surface area contributed by atoms with E-state index in [-0.39, 0.29) is 24.3 Å². The van der Waals surface area contributed by atoms with Gasteiger partial charge in [-0.15, -0.1) is 0 Å². The zero-order valence-electron chi connectivity index (χ0n) is 17.3. The van der Waals surface area contributed by atoms with Crippen molar-refractivity contribution in [1.29, 1.82) is 0 Å². The molecule has 6 heteroatoms. The molecule has 0 radical (unpaired) electrons. The number of halogens is 1. The van der Waals surface area contributed by atoms with Crippen molar-refractivity contribution in [3.05, 3.63) is 100 Å². The monoisotopic (exact) mass is 431 g/mol. The molecule has 0 aliphatic carbocycles. The van der Waals surface area contributed by atoms with Crippen LogP contribution in [0.1, 0.15) is 45.1 Å². The number of fused-ring (bicyclic) bond motifs is 1. The first-order valence-electron chi connectivity index (χ1n) is 10.0. The van der Waals surface area contributed by atoms with Crippen molar-refractivity contribution in [2.75, 3.05) is 0 Å². The standard InChI is InChI=1S/C25H22ClN3O2/c1-16-7-9-19(10-8-16)25(31)27-17(2)24-28-21-5-3-4-6-22(21)29(24)15-23(30)18-11-13-20(26)14-12-18/h3-14,17H,15H2,1-2H3,(H,27,31). The van der Waals surface area contributed by atoms with Crippen LogP contribution in [0.4, 0.5) is 0 Å². The van der Waals surface area contributed by atoms with Crippen LogP contribution in [0.3, 0.4) is 0 Å². The average Bonchev–Trinajstić information content (AvgIpc) is 3.13. The molecule has 1 unspecified atom stereocenters. The van der Waals surface area contributed by atoms with Crippen LogP contribution < -0.4 is 5.32 Å². The molecule has 0 spiro atoms. The van der Waals surface area contributed by atoms with Crippen LogP contribution in [0.5, 0.6) is 0 Å². The van der Waals surface area contributed by atoms with Crippen LogP contribution in [0.25, 0.3) is 11.0 Å². The second-order valence-corrected chi connectivity index (χ2v) is 7.97. The van der Waals surface area contributed by atoms with Crippen molar-refractivity contribution in [3.63, 3.8) is 0 Å². The summed E-state index contributed by atoms with van der Waals surface area (Å²) >= 11 is 5.94. The van der Waals surface area contributed by atoms with Crippen molar-refractivity contribution in [1.82, 2.24) is 14.9 Å². The minimum Gasteiger partial charge on any atom is -0.342 e. The van der Waals surface area contributed by atoms with Crippen LogP contribution in [-0.2, 0) is 6.54 Å². The molecule has 31 heavy (non-hydrogen) atoms. The van der Waals surface area contributed by atoms with Gasteiger partial charge in [0.05, 0.1) is 23.6 Å². The Bertz CT molecular complexity index is 1240. The van der Waals surface area contributed by atoms with Crippen molar-refractivity contribution in [2.45, 2.75) is 26.4 Å². The number of carbonyl (C=O) groups is 2. The molecular formula is C25H22ClN3O2. The molecule has 0 fully saturated rings. The van der Waals surface area contributed by atoms with Crippen molar-refractivity contribution < 1.29 is 9.59 Å². The molecule has 0 bridgehead atoms. The zero-order valence-corrected chi connectivity index (χ0v) is 18.1. The molecule has 156 valence electrons. The van der Waals surface area contributed by atoms with Gasteiger partial charge in [-0.25, -0.2) is 4.98 Å². The van der Waals surface area contributed by atoms with Gasteiger partial charge in [0.1, 0.15) is 5.82 Å². The number of carbonyl (C=O) groups excluding carboxylic acids is 2. The highest BCUT2D eigenvalue weighted by Gasteiger charge is 2.21. The maximum atomic E-state index is 12.9.